The maximum atomic E-state index is 12.3. The first kappa shape index (κ1) is 13.8. The third kappa shape index (κ3) is 3.14. The topological polar surface area (TPSA) is 20.3 Å². The molecule has 0 atom stereocenters. The van der Waals surface area contributed by atoms with Crippen LogP contribution in [0.1, 0.15) is 10.4 Å². The molecule has 0 radical (unpaired) electrons. The van der Waals surface area contributed by atoms with Gasteiger partial charge in [0.05, 0.1) is 6.42 Å². The van der Waals surface area contributed by atoms with Gasteiger partial charge in [-0.05, 0) is 27.8 Å². The van der Waals surface area contributed by atoms with Crippen LogP contribution in [-0.2, 0) is 17.8 Å². The van der Waals surface area contributed by atoms with Gasteiger partial charge in [0.1, 0.15) is 0 Å². The maximum absolute atomic E-state index is 12.3. The van der Waals surface area contributed by atoms with Crippen LogP contribution in [0.2, 0.25) is 0 Å². The van der Waals surface area contributed by atoms with Crippen molar-refractivity contribution in [2.75, 3.05) is 7.05 Å². The lowest BCUT2D eigenvalue weighted by Gasteiger charge is -2.18. The van der Waals surface area contributed by atoms with Crippen molar-refractivity contribution in [3.63, 3.8) is 0 Å². The smallest absolute Gasteiger partial charge is 0.227 e. The van der Waals surface area contributed by atoms with Gasteiger partial charge in [0.15, 0.2) is 0 Å². The molecule has 0 saturated carbocycles. The molecular weight excluding hydrogens is 278 g/mol. The second-order valence-corrected chi connectivity index (χ2v) is 6.18. The lowest BCUT2D eigenvalue weighted by atomic mass is 10.0. The molecule has 0 spiro atoms. The van der Waals surface area contributed by atoms with Gasteiger partial charge in [-0.25, -0.2) is 0 Å². The third-order valence-electron chi connectivity index (χ3n) is 3.62. The summed E-state index contributed by atoms with van der Waals surface area (Å²) in [6.07, 6.45) is 0.485. The highest BCUT2D eigenvalue weighted by Crippen LogP contribution is 2.20. The summed E-state index contributed by atoms with van der Waals surface area (Å²) in [6, 6.07) is 18.5. The fourth-order valence-corrected chi connectivity index (χ4v) is 3.17. The van der Waals surface area contributed by atoms with Crippen molar-refractivity contribution in [1.29, 1.82) is 0 Å². The average molecular weight is 295 g/mol. The van der Waals surface area contributed by atoms with Crippen LogP contribution < -0.4 is 0 Å². The number of rotatable bonds is 4. The van der Waals surface area contributed by atoms with Crippen molar-refractivity contribution in [1.82, 2.24) is 4.90 Å². The van der Waals surface area contributed by atoms with Crippen LogP contribution in [0.3, 0.4) is 0 Å². The van der Waals surface area contributed by atoms with E-state index in [1.54, 1.807) is 11.3 Å². The van der Waals surface area contributed by atoms with Crippen molar-refractivity contribution in [2.24, 2.45) is 0 Å². The standard InChI is InChI=1S/C18H17NOS/c1-19(18(20)12-16-9-5-11-21-16)13-15-8-4-7-14-6-2-3-10-17(14)15/h2-11H,12-13H2,1H3. The van der Waals surface area contributed by atoms with E-state index in [0.29, 0.717) is 13.0 Å². The average Bonchev–Trinajstić information content (AvgIpc) is 3.00. The summed E-state index contributed by atoms with van der Waals surface area (Å²) in [6.45, 7) is 0.644. The fraction of sp³-hybridized carbons (Fsp3) is 0.167. The Balaban J connectivity index is 1.77. The van der Waals surface area contributed by atoms with E-state index in [9.17, 15) is 4.79 Å². The molecule has 0 aliphatic rings. The third-order valence-corrected chi connectivity index (χ3v) is 4.50. The lowest BCUT2D eigenvalue weighted by molar-refractivity contribution is -0.129. The molecule has 0 unspecified atom stereocenters. The predicted octanol–water partition coefficient (Wildman–Crippen LogP) is 4.10. The first-order valence-corrected chi connectivity index (χ1v) is 7.85. The minimum absolute atomic E-state index is 0.158. The molecular formula is C18H17NOS. The normalized spacial score (nSPS) is 10.7. The predicted molar refractivity (Wildman–Crippen MR) is 88.4 cm³/mol. The molecule has 2 nitrogen and oxygen atoms in total. The summed E-state index contributed by atoms with van der Waals surface area (Å²) in [5, 5.41) is 4.44. The van der Waals surface area contributed by atoms with E-state index in [0.717, 1.165) is 4.88 Å². The van der Waals surface area contributed by atoms with Crippen molar-refractivity contribution in [2.45, 2.75) is 13.0 Å². The zero-order valence-corrected chi connectivity index (χ0v) is 12.8. The highest BCUT2D eigenvalue weighted by Gasteiger charge is 2.12. The van der Waals surface area contributed by atoms with Gasteiger partial charge in [0.25, 0.3) is 0 Å². The minimum atomic E-state index is 0.158. The fourth-order valence-electron chi connectivity index (χ4n) is 2.47. The SMILES string of the molecule is CN(Cc1cccc2ccccc12)C(=O)Cc1cccs1. The quantitative estimate of drug-likeness (QED) is 0.709. The van der Waals surface area contributed by atoms with Crippen LogP contribution in [0, 0.1) is 0 Å². The number of benzene rings is 2. The van der Waals surface area contributed by atoms with Gasteiger partial charge in [0.2, 0.25) is 5.91 Å². The molecule has 2 aromatic carbocycles. The van der Waals surface area contributed by atoms with Gasteiger partial charge >= 0.3 is 0 Å². The van der Waals surface area contributed by atoms with Gasteiger partial charge in [-0.3, -0.25) is 4.79 Å². The minimum Gasteiger partial charge on any atom is -0.341 e. The number of thiophene rings is 1. The molecule has 1 aromatic heterocycles. The number of hydrogen-bond acceptors (Lipinski definition) is 2. The maximum Gasteiger partial charge on any atom is 0.227 e. The first-order chi connectivity index (χ1) is 10.2. The molecule has 1 amide bonds. The monoisotopic (exact) mass is 295 g/mol. The summed E-state index contributed by atoms with van der Waals surface area (Å²) < 4.78 is 0. The van der Waals surface area contributed by atoms with E-state index >= 15 is 0 Å². The van der Waals surface area contributed by atoms with E-state index in [1.165, 1.54) is 16.3 Å². The highest BCUT2D eigenvalue weighted by atomic mass is 32.1. The van der Waals surface area contributed by atoms with Crippen LogP contribution in [0.25, 0.3) is 10.8 Å². The Kier molecular flexibility index (Phi) is 4.02. The number of amides is 1. The molecule has 3 heteroatoms. The zero-order chi connectivity index (χ0) is 14.7. The Morgan fingerprint density at radius 2 is 1.86 bits per heavy atom. The molecule has 1 heterocycles. The van der Waals surface area contributed by atoms with Crippen molar-refractivity contribution in [3.05, 3.63) is 70.4 Å². The highest BCUT2D eigenvalue weighted by molar-refractivity contribution is 7.10. The molecule has 0 aliphatic heterocycles. The van der Waals surface area contributed by atoms with E-state index in [-0.39, 0.29) is 5.91 Å². The summed E-state index contributed by atoms with van der Waals surface area (Å²) in [5.41, 5.74) is 1.19. The van der Waals surface area contributed by atoms with Crippen LogP contribution in [0.4, 0.5) is 0 Å². The Morgan fingerprint density at radius 3 is 2.67 bits per heavy atom. The van der Waals surface area contributed by atoms with Gasteiger partial charge < -0.3 is 4.90 Å². The summed E-state index contributed by atoms with van der Waals surface area (Å²) in [4.78, 5) is 15.2. The molecule has 21 heavy (non-hydrogen) atoms. The number of fused-ring (bicyclic) bond motifs is 1. The number of carbonyl (C=O) groups excluding carboxylic acids is 1. The Bertz CT molecular complexity index is 744. The Labute approximate surface area is 128 Å². The van der Waals surface area contributed by atoms with Crippen LogP contribution >= 0.6 is 11.3 Å². The lowest BCUT2D eigenvalue weighted by Crippen LogP contribution is -2.27. The molecule has 3 aromatic rings. The second kappa shape index (κ2) is 6.10. The van der Waals surface area contributed by atoms with E-state index in [2.05, 4.69) is 30.3 Å². The molecule has 0 N–H and O–H groups in total. The second-order valence-electron chi connectivity index (χ2n) is 5.14. The molecule has 106 valence electrons. The van der Waals surface area contributed by atoms with Gasteiger partial charge in [-0.15, -0.1) is 11.3 Å². The van der Waals surface area contributed by atoms with Gasteiger partial charge in [-0.1, -0.05) is 48.5 Å². The van der Waals surface area contributed by atoms with Crippen LogP contribution in [0.15, 0.2) is 60.0 Å². The first-order valence-electron chi connectivity index (χ1n) is 6.97. The zero-order valence-electron chi connectivity index (χ0n) is 12.0. The van der Waals surface area contributed by atoms with Crippen molar-refractivity contribution in [3.8, 4) is 0 Å². The molecule has 0 bridgehead atoms. The Hall–Kier alpha value is -2.13. The molecule has 0 saturated heterocycles. The van der Waals surface area contributed by atoms with Gasteiger partial charge in [0, 0.05) is 18.5 Å². The molecule has 3 rings (SSSR count). The summed E-state index contributed by atoms with van der Waals surface area (Å²) in [7, 11) is 1.87. The van der Waals surface area contributed by atoms with E-state index < -0.39 is 0 Å². The number of nitrogens with zero attached hydrogens (tertiary/aromatic N) is 1. The number of likely N-dealkylation sites (N-methyl/N-ethyl adjacent to an activating group) is 1. The van der Waals surface area contributed by atoms with Gasteiger partial charge in [-0.2, -0.15) is 0 Å². The van der Waals surface area contributed by atoms with Crippen molar-refractivity contribution >= 4 is 28.0 Å². The molecule has 0 fully saturated rings. The van der Waals surface area contributed by atoms with Crippen LogP contribution in [-0.4, -0.2) is 17.9 Å². The number of hydrogen-bond donors (Lipinski definition) is 0. The van der Waals surface area contributed by atoms with Crippen LogP contribution in [0.5, 0.6) is 0 Å². The van der Waals surface area contributed by atoms with E-state index in [1.807, 2.05) is 41.6 Å². The van der Waals surface area contributed by atoms with E-state index in [4.69, 9.17) is 0 Å². The van der Waals surface area contributed by atoms with Crippen molar-refractivity contribution < 1.29 is 4.79 Å². The largest absolute Gasteiger partial charge is 0.341 e. The molecule has 0 aliphatic carbocycles. The summed E-state index contributed by atoms with van der Waals surface area (Å²) >= 11 is 1.63. The number of carbonyl (C=O) groups is 1. The Morgan fingerprint density at radius 1 is 1.05 bits per heavy atom. The summed E-state index contributed by atoms with van der Waals surface area (Å²) in [5.74, 6) is 0.158.